The van der Waals surface area contributed by atoms with Crippen LogP contribution in [0.4, 0.5) is 5.82 Å². The molecular formula is C17H13N5O2. The summed E-state index contributed by atoms with van der Waals surface area (Å²) < 4.78 is 1.89. The van der Waals surface area contributed by atoms with Crippen LogP contribution in [0.15, 0.2) is 54.9 Å². The van der Waals surface area contributed by atoms with Crippen LogP contribution in [0, 0.1) is 0 Å². The molecule has 24 heavy (non-hydrogen) atoms. The fourth-order valence-electron chi connectivity index (χ4n) is 2.58. The number of carboxylic acid groups (broad SMARTS) is 1. The van der Waals surface area contributed by atoms with E-state index in [0.29, 0.717) is 18.0 Å². The Morgan fingerprint density at radius 1 is 1.12 bits per heavy atom. The number of anilines is 1. The summed E-state index contributed by atoms with van der Waals surface area (Å²) in [6.45, 7) is 0.508. The highest BCUT2D eigenvalue weighted by Crippen LogP contribution is 2.20. The summed E-state index contributed by atoms with van der Waals surface area (Å²) in [6.07, 6.45) is 1.66. The lowest BCUT2D eigenvalue weighted by atomic mass is 10.1. The van der Waals surface area contributed by atoms with Gasteiger partial charge in [0.2, 0.25) is 5.65 Å². The Balaban J connectivity index is 1.66. The lowest BCUT2D eigenvalue weighted by Crippen LogP contribution is -2.05. The third-order valence-electron chi connectivity index (χ3n) is 3.79. The molecular weight excluding hydrogens is 306 g/mol. The van der Waals surface area contributed by atoms with Crippen LogP contribution in [0.3, 0.4) is 0 Å². The first kappa shape index (κ1) is 14.1. The molecule has 2 N–H and O–H groups in total. The topological polar surface area (TPSA) is 92.4 Å². The van der Waals surface area contributed by atoms with Gasteiger partial charge in [0.1, 0.15) is 6.33 Å². The number of fused-ring (bicyclic) bond motifs is 3. The number of nitrogens with one attached hydrogen (secondary N) is 1. The van der Waals surface area contributed by atoms with Crippen molar-refractivity contribution < 1.29 is 9.90 Å². The molecule has 0 aliphatic rings. The quantitative estimate of drug-likeness (QED) is 0.600. The van der Waals surface area contributed by atoms with Crippen molar-refractivity contribution in [3.05, 3.63) is 66.0 Å². The first-order valence-electron chi connectivity index (χ1n) is 7.37. The highest BCUT2D eigenvalue weighted by molar-refractivity contribution is 5.87. The van der Waals surface area contributed by atoms with Crippen molar-refractivity contribution in [3.63, 3.8) is 0 Å². The van der Waals surface area contributed by atoms with Gasteiger partial charge < -0.3 is 10.4 Å². The Hall–Kier alpha value is -3.48. The minimum Gasteiger partial charge on any atom is -0.478 e. The van der Waals surface area contributed by atoms with Crippen LogP contribution in [0.5, 0.6) is 0 Å². The van der Waals surface area contributed by atoms with Gasteiger partial charge in [-0.25, -0.2) is 9.78 Å². The number of nitrogens with zero attached hydrogens (tertiary/aromatic N) is 4. The lowest BCUT2D eigenvalue weighted by Gasteiger charge is -2.09. The number of para-hydroxylation sites is 2. The number of hydrogen-bond donors (Lipinski definition) is 2. The number of carboxylic acids is 1. The maximum absolute atomic E-state index is 10.9. The zero-order valence-corrected chi connectivity index (χ0v) is 12.5. The zero-order valence-electron chi connectivity index (χ0n) is 12.5. The van der Waals surface area contributed by atoms with Crippen LogP contribution in [-0.4, -0.2) is 30.7 Å². The molecule has 2 aromatic heterocycles. The summed E-state index contributed by atoms with van der Waals surface area (Å²) in [5.74, 6) is -0.301. The van der Waals surface area contributed by atoms with E-state index in [4.69, 9.17) is 5.11 Å². The molecule has 4 rings (SSSR count). The van der Waals surface area contributed by atoms with Gasteiger partial charge in [-0.15, -0.1) is 10.2 Å². The molecule has 7 nitrogen and oxygen atoms in total. The second-order valence-electron chi connectivity index (χ2n) is 5.33. The number of hydrogen-bond acceptors (Lipinski definition) is 5. The Bertz CT molecular complexity index is 1040. The van der Waals surface area contributed by atoms with E-state index in [1.165, 1.54) is 0 Å². The highest BCUT2D eigenvalue weighted by Gasteiger charge is 2.10. The van der Waals surface area contributed by atoms with E-state index < -0.39 is 5.97 Å². The molecule has 0 saturated heterocycles. The molecule has 0 atom stereocenters. The predicted molar refractivity (Wildman–Crippen MR) is 89.0 cm³/mol. The Morgan fingerprint density at radius 3 is 2.71 bits per heavy atom. The van der Waals surface area contributed by atoms with Gasteiger partial charge in [-0.1, -0.05) is 24.3 Å². The molecule has 4 aromatic rings. The SMILES string of the molecule is O=C(O)c1ccc(CNc2nc3ccccc3n3cnnc23)cc1. The van der Waals surface area contributed by atoms with Crippen LogP contribution in [0.1, 0.15) is 15.9 Å². The number of aromatic nitrogens is 4. The molecule has 2 heterocycles. The Morgan fingerprint density at radius 2 is 1.92 bits per heavy atom. The van der Waals surface area contributed by atoms with E-state index in [9.17, 15) is 4.79 Å². The van der Waals surface area contributed by atoms with E-state index in [1.807, 2.05) is 28.7 Å². The summed E-state index contributed by atoms with van der Waals surface area (Å²) >= 11 is 0. The molecule has 7 heteroatoms. The van der Waals surface area contributed by atoms with Crippen molar-refractivity contribution in [1.82, 2.24) is 19.6 Å². The standard InChI is InChI=1S/C17H13N5O2/c23-17(24)12-7-5-11(6-8-12)9-18-15-16-21-19-10-22(16)14-4-2-1-3-13(14)20-15/h1-8,10H,9H2,(H,18,20)(H,23,24). The second kappa shape index (κ2) is 5.62. The Kier molecular flexibility index (Phi) is 3.31. The van der Waals surface area contributed by atoms with Crippen LogP contribution in [0.25, 0.3) is 16.7 Å². The molecule has 0 amide bonds. The van der Waals surface area contributed by atoms with Crippen molar-refractivity contribution in [3.8, 4) is 0 Å². The normalized spacial score (nSPS) is 11.0. The smallest absolute Gasteiger partial charge is 0.335 e. The van der Waals surface area contributed by atoms with Crippen LogP contribution in [-0.2, 0) is 6.54 Å². The van der Waals surface area contributed by atoms with Gasteiger partial charge in [-0.05, 0) is 29.8 Å². The van der Waals surface area contributed by atoms with Crippen molar-refractivity contribution >= 4 is 28.5 Å². The molecule has 2 aromatic carbocycles. The van der Waals surface area contributed by atoms with Gasteiger partial charge in [0, 0.05) is 6.54 Å². The van der Waals surface area contributed by atoms with Gasteiger partial charge in [0.25, 0.3) is 0 Å². The van der Waals surface area contributed by atoms with E-state index in [2.05, 4.69) is 20.5 Å². The molecule has 0 radical (unpaired) electrons. The molecule has 118 valence electrons. The van der Waals surface area contributed by atoms with E-state index in [-0.39, 0.29) is 5.56 Å². The number of rotatable bonds is 4. The summed E-state index contributed by atoms with van der Waals surface area (Å²) in [6, 6.07) is 14.5. The van der Waals surface area contributed by atoms with Crippen LogP contribution >= 0.6 is 0 Å². The zero-order chi connectivity index (χ0) is 16.5. The summed E-state index contributed by atoms with van der Waals surface area (Å²) in [7, 11) is 0. The summed E-state index contributed by atoms with van der Waals surface area (Å²) in [5, 5.41) is 20.3. The minimum absolute atomic E-state index is 0.266. The van der Waals surface area contributed by atoms with E-state index in [1.54, 1.807) is 30.6 Å². The van der Waals surface area contributed by atoms with Crippen molar-refractivity contribution in [2.24, 2.45) is 0 Å². The maximum Gasteiger partial charge on any atom is 0.335 e. The van der Waals surface area contributed by atoms with Gasteiger partial charge >= 0.3 is 5.97 Å². The fraction of sp³-hybridized carbons (Fsp3) is 0.0588. The molecule has 0 bridgehead atoms. The average Bonchev–Trinajstić information content (AvgIpc) is 3.10. The van der Waals surface area contributed by atoms with Crippen molar-refractivity contribution in [2.45, 2.75) is 6.54 Å². The predicted octanol–water partition coefficient (Wildman–Crippen LogP) is 2.59. The summed E-state index contributed by atoms with van der Waals surface area (Å²) in [4.78, 5) is 15.5. The largest absolute Gasteiger partial charge is 0.478 e. The number of carbonyl (C=O) groups is 1. The Labute approximate surface area is 136 Å². The van der Waals surface area contributed by atoms with Crippen molar-refractivity contribution in [1.29, 1.82) is 0 Å². The van der Waals surface area contributed by atoms with Gasteiger partial charge in [-0.2, -0.15) is 0 Å². The van der Waals surface area contributed by atoms with Crippen molar-refractivity contribution in [2.75, 3.05) is 5.32 Å². The molecule has 0 fully saturated rings. The molecule has 0 aliphatic carbocycles. The maximum atomic E-state index is 10.9. The van der Waals surface area contributed by atoms with Crippen LogP contribution < -0.4 is 5.32 Å². The third-order valence-corrected chi connectivity index (χ3v) is 3.79. The lowest BCUT2D eigenvalue weighted by molar-refractivity contribution is 0.0697. The monoisotopic (exact) mass is 319 g/mol. The van der Waals surface area contributed by atoms with Gasteiger partial charge in [-0.3, -0.25) is 4.40 Å². The molecule has 0 aliphatic heterocycles. The molecule has 0 saturated carbocycles. The van der Waals surface area contributed by atoms with Gasteiger partial charge in [0.05, 0.1) is 16.6 Å². The first-order chi connectivity index (χ1) is 11.7. The summed E-state index contributed by atoms with van der Waals surface area (Å²) in [5.41, 5.74) is 3.65. The molecule has 0 unspecified atom stereocenters. The number of aromatic carboxylic acids is 1. The van der Waals surface area contributed by atoms with E-state index in [0.717, 1.165) is 16.6 Å². The fourth-order valence-corrected chi connectivity index (χ4v) is 2.58. The minimum atomic E-state index is -0.934. The van der Waals surface area contributed by atoms with E-state index >= 15 is 0 Å². The highest BCUT2D eigenvalue weighted by atomic mass is 16.4. The molecule has 0 spiro atoms. The van der Waals surface area contributed by atoms with Crippen LogP contribution in [0.2, 0.25) is 0 Å². The third kappa shape index (κ3) is 2.41. The first-order valence-corrected chi connectivity index (χ1v) is 7.37. The second-order valence-corrected chi connectivity index (χ2v) is 5.33. The van der Waals surface area contributed by atoms with Gasteiger partial charge in [0.15, 0.2) is 5.82 Å². The average molecular weight is 319 g/mol. The number of benzene rings is 2.